The van der Waals surface area contributed by atoms with Crippen molar-refractivity contribution in [3.05, 3.63) is 71.8 Å². The maximum atomic E-state index is 13.5. The van der Waals surface area contributed by atoms with Crippen molar-refractivity contribution in [1.82, 2.24) is 20.4 Å². The SMILES string of the molecule is CCCNC(=O)N1CCC2(CC1)NC(Cc1ccccc1)C(=O)N2Cc1ccccc1. The van der Waals surface area contributed by atoms with Gasteiger partial charge >= 0.3 is 6.03 Å². The lowest BCUT2D eigenvalue weighted by Gasteiger charge is -2.44. The molecule has 1 unspecified atom stereocenters. The van der Waals surface area contributed by atoms with Crippen LogP contribution in [0.2, 0.25) is 0 Å². The molecule has 2 aliphatic rings. The van der Waals surface area contributed by atoms with Gasteiger partial charge in [0.05, 0.1) is 11.7 Å². The molecule has 2 heterocycles. The molecule has 0 aromatic heterocycles. The first-order chi connectivity index (χ1) is 15.1. The summed E-state index contributed by atoms with van der Waals surface area (Å²) in [6.45, 7) is 4.60. The first-order valence-electron chi connectivity index (χ1n) is 11.3. The number of nitrogens with zero attached hydrogens (tertiary/aromatic N) is 2. The molecular weight excluding hydrogens is 388 g/mol. The summed E-state index contributed by atoms with van der Waals surface area (Å²) in [6.07, 6.45) is 3.06. The van der Waals surface area contributed by atoms with Gasteiger partial charge in [-0.3, -0.25) is 10.1 Å². The van der Waals surface area contributed by atoms with Crippen LogP contribution < -0.4 is 10.6 Å². The Balaban J connectivity index is 1.52. The summed E-state index contributed by atoms with van der Waals surface area (Å²) >= 11 is 0. The molecule has 4 rings (SSSR count). The van der Waals surface area contributed by atoms with E-state index in [4.69, 9.17) is 0 Å². The maximum Gasteiger partial charge on any atom is 0.317 e. The van der Waals surface area contributed by atoms with Crippen LogP contribution in [0.25, 0.3) is 0 Å². The van der Waals surface area contributed by atoms with E-state index in [2.05, 4.69) is 34.9 Å². The summed E-state index contributed by atoms with van der Waals surface area (Å²) in [4.78, 5) is 29.8. The molecule has 6 heteroatoms. The van der Waals surface area contributed by atoms with E-state index in [1.165, 1.54) is 0 Å². The van der Waals surface area contributed by atoms with Crippen molar-refractivity contribution in [2.75, 3.05) is 19.6 Å². The van der Waals surface area contributed by atoms with E-state index in [1.54, 1.807) is 0 Å². The van der Waals surface area contributed by atoms with Gasteiger partial charge in [0, 0.05) is 39.0 Å². The third kappa shape index (κ3) is 4.74. The van der Waals surface area contributed by atoms with Crippen LogP contribution in [-0.2, 0) is 17.8 Å². The van der Waals surface area contributed by atoms with Gasteiger partial charge in [-0.25, -0.2) is 4.79 Å². The zero-order chi connectivity index (χ0) is 21.7. The fourth-order valence-corrected chi connectivity index (χ4v) is 4.68. The Morgan fingerprint density at radius 3 is 2.26 bits per heavy atom. The number of rotatable bonds is 6. The number of hydrogen-bond acceptors (Lipinski definition) is 3. The van der Waals surface area contributed by atoms with Gasteiger partial charge in [-0.1, -0.05) is 67.6 Å². The molecule has 2 aromatic rings. The average molecular weight is 421 g/mol. The lowest BCUT2D eigenvalue weighted by molar-refractivity contribution is -0.134. The van der Waals surface area contributed by atoms with Crippen molar-refractivity contribution in [2.45, 2.75) is 50.9 Å². The molecule has 2 saturated heterocycles. The van der Waals surface area contributed by atoms with Crippen molar-refractivity contribution < 1.29 is 9.59 Å². The van der Waals surface area contributed by atoms with E-state index in [9.17, 15) is 9.59 Å². The third-order valence-corrected chi connectivity index (χ3v) is 6.39. The molecular formula is C25H32N4O2. The molecule has 1 atom stereocenters. The van der Waals surface area contributed by atoms with Gasteiger partial charge in [-0.15, -0.1) is 0 Å². The molecule has 6 nitrogen and oxygen atoms in total. The van der Waals surface area contributed by atoms with Crippen LogP contribution in [0, 0.1) is 0 Å². The number of likely N-dealkylation sites (tertiary alicyclic amines) is 1. The zero-order valence-corrected chi connectivity index (χ0v) is 18.2. The Bertz CT molecular complexity index is 879. The van der Waals surface area contributed by atoms with Crippen LogP contribution in [-0.4, -0.2) is 53.1 Å². The van der Waals surface area contributed by atoms with Gasteiger partial charge < -0.3 is 15.1 Å². The number of amides is 3. The normalized spacial score (nSPS) is 20.3. The first-order valence-corrected chi connectivity index (χ1v) is 11.3. The molecule has 2 fully saturated rings. The van der Waals surface area contributed by atoms with Gasteiger partial charge in [-0.2, -0.15) is 0 Å². The number of urea groups is 1. The summed E-state index contributed by atoms with van der Waals surface area (Å²) < 4.78 is 0. The molecule has 0 saturated carbocycles. The fourth-order valence-electron chi connectivity index (χ4n) is 4.68. The van der Waals surface area contributed by atoms with Gasteiger partial charge in [0.2, 0.25) is 5.91 Å². The lowest BCUT2D eigenvalue weighted by Crippen LogP contribution is -2.60. The predicted molar refractivity (Wildman–Crippen MR) is 121 cm³/mol. The highest BCUT2D eigenvalue weighted by atomic mass is 16.2. The minimum Gasteiger partial charge on any atom is -0.338 e. The second-order valence-corrected chi connectivity index (χ2v) is 8.55. The van der Waals surface area contributed by atoms with E-state index >= 15 is 0 Å². The molecule has 0 aliphatic carbocycles. The van der Waals surface area contributed by atoms with Crippen LogP contribution in [0.4, 0.5) is 4.79 Å². The minimum atomic E-state index is -0.409. The highest BCUT2D eigenvalue weighted by Gasteiger charge is 2.51. The number of hydrogen-bond donors (Lipinski definition) is 2. The van der Waals surface area contributed by atoms with Crippen LogP contribution in [0.3, 0.4) is 0 Å². The number of carbonyl (C=O) groups is 2. The maximum absolute atomic E-state index is 13.5. The number of carbonyl (C=O) groups excluding carboxylic acids is 2. The van der Waals surface area contributed by atoms with Crippen molar-refractivity contribution in [3.63, 3.8) is 0 Å². The predicted octanol–water partition coefficient (Wildman–Crippen LogP) is 3.14. The Kier molecular flexibility index (Phi) is 6.56. The van der Waals surface area contributed by atoms with Crippen molar-refractivity contribution in [2.24, 2.45) is 0 Å². The summed E-state index contributed by atoms with van der Waals surface area (Å²) in [5.41, 5.74) is 1.87. The standard InChI is InChI=1S/C25H32N4O2/c1-2-15-26-24(31)28-16-13-25(14-17-28)27-22(18-20-9-5-3-6-10-20)23(30)29(25)19-21-11-7-4-8-12-21/h3-12,22,27H,2,13-19H2,1H3,(H,26,31). The monoisotopic (exact) mass is 420 g/mol. The summed E-state index contributed by atoms with van der Waals surface area (Å²) in [6, 6.07) is 20.1. The quantitative estimate of drug-likeness (QED) is 0.755. The summed E-state index contributed by atoms with van der Waals surface area (Å²) in [7, 11) is 0. The third-order valence-electron chi connectivity index (χ3n) is 6.39. The van der Waals surface area contributed by atoms with E-state index in [-0.39, 0.29) is 18.0 Å². The molecule has 2 aromatic carbocycles. The second-order valence-electron chi connectivity index (χ2n) is 8.55. The largest absolute Gasteiger partial charge is 0.338 e. The number of piperidine rings is 1. The van der Waals surface area contributed by atoms with Crippen molar-refractivity contribution in [1.29, 1.82) is 0 Å². The van der Waals surface area contributed by atoms with Crippen molar-refractivity contribution in [3.8, 4) is 0 Å². The fraction of sp³-hybridized carbons (Fsp3) is 0.440. The van der Waals surface area contributed by atoms with Crippen LogP contribution in [0.5, 0.6) is 0 Å². The van der Waals surface area contributed by atoms with Crippen LogP contribution >= 0.6 is 0 Å². The molecule has 0 radical (unpaired) electrons. The van der Waals surface area contributed by atoms with E-state index in [1.807, 2.05) is 53.1 Å². The molecule has 2 N–H and O–H groups in total. The lowest BCUT2D eigenvalue weighted by atomic mass is 9.95. The smallest absolute Gasteiger partial charge is 0.317 e. The van der Waals surface area contributed by atoms with E-state index in [0.717, 1.165) is 30.4 Å². The first kappa shape index (κ1) is 21.4. The van der Waals surface area contributed by atoms with Crippen molar-refractivity contribution >= 4 is 11.9 Å². The van der Waals surface area contributed by atoms with Gasteiger partial charge in [-0.05, 0) is 24.0 Å². The van der Waals surface area contributed by atoms with E-state index in [0.29, 0.717) is 32.6 Å². The highest BCUT2D eigenvalue weighted by Crippen LogP contribution is 2.34. The second kappa shape index (κ2) is 9.52. The highest BCUT2D eigenvalue weighted by molar-refractivity contribution is 5.85. The number of benzene rings is 2. The van der Waals surface area contributed by atoms with Gasteiger partial charge in [0.15, 0.2) is 0 Å². The minimum absolute atomic E-state index is 0.00327. The molecule has 0 bridgehead atoms. The van der Waals surface area contributed by atoms with Gasteiger partial charge in [0.25, 0.3) is 0 Å². The molecule has 31 heavy (non-hydrogen) atoms. The zero-order valence-electron chi connectivity index (χ0n) is 18.2. The molecule has 164 valence electrons. The topological polar surface area (TPSA) is 64.7 Å². The Morgan fingerprint density at radius 2 is 1.65 bits per heavy atom. The Labute approximate surface area is 184 Å². The molecule has 3 amide bonds. The van der Waals surface area contributed by atoms with Crippen LogP contribution in [0.1, 0.15) is 37.3 Å². The Hall–Kier alpha value is -2.86. The summed E-state index contributed by atoms with van der Waals surface area (Å²) in [5, 5.41) is 6.66. The molecule has 2 aliphatic heterocycles. The Morgan fingerprint density at radius 1 is 1.03 bits per heavy atom. The van der Waals surface area contributed by atoms with E-state index < -0.39 is 5.66 Å². The summed E-state index contributed by atoms with van der Waals surface area (Å²) in [5.74, 6) is 0.150. The van der Waals surface area contributed by atoms with Crippen LogP contribution in [0.15, 0.2) is 60.7 Å². The molecule has 1 spiro atoms. The van der Waals surface area contributed by atoms with Gasteiger partial charge in [0.1, 0.15) is 0 Å². The number of nitrogens with one attached hydrogen (secondary N) is 2. The average Bonchev–Trinajstić information content (AvgIpc) is 3.04.